The first kappa shape index (κ1) is 11.4. The molecule has 1 spiro atoms. The molecule has 0 N–H and O–H groups in total. The lowest BCUT2D eigenvalue weighted by atomic mass is 9.86. The highest BCUT2D eigenvalue weighted by molar-refractivity contribution is 5.76. The first-order valence-electron chi connectivity index (χ1n) is 6.10. The van der Waals surface area contributed by atoms with E-state index in [0.717, 1.165) is 39.0 Å². The quantitative estimate of drug-likeness (QED) is 0.663. The molecular formula is C12H20N2O2. The number of amides is 2. The first-order valence-corrected chi connectivity index (χ1v) is 6.10. The predicted molar refractivity (Wildman–Crippen MR) is 60.8 cm³/mol. The number of rotatable bonds is 1. The Labute approximate surface area is 96.6 Å². The smallest absolute Gasteiger partial charge is 0.222 e. The Morgan fingerprint density at radius 2 is 1.69 bits per heavy atom. The molecule has 0 aliphatic carbocycles. The van der Waals surface area contributed by atoms with Gasteiger partial charge in [0.25, 0.3) is 0 Å². The maximum atomic E-state index is 11.6. The molecule has 2 rings (SSSR count). The van der Waals surface area contributed by atoms with E-state index in [0.29, 0.717) is 6.42 Å². The lowest BCUT2D eigenvalue weighted by molar-refractivity contribution is -0.130. The van der Waals surface area contributed by atoms with Gasteiger partial charge in [0, 0.05) is 44.9 Å². The van der Waals surface area contributed by atoms with Crippen molar-refractivity contribution >= 4 is 11.8 Å². The van der Waals surface area contributed by atoms with Crippen molar-refractivity contribution in [3.05, 3.63) is 0 Å². The fourth-order valence-corrected chi connectivity index (χ4v) is 2.91. The molecule has 90 valence electrons. The van der Waals surface area contributed by atoms with Gasteiger partial charge in [0.2, 0.25) is 11.8 Å². The van der Waals surface area contributed by atoms with E-state index in [9.17, 15) is 9.59 Å². The van der Waals surface area contributed by atoms with Gasteiger partial charge < -0.3 is 9.80 Å². The molecule has 0 aromatic rings. The Hall–Kier alpha value is -1.06. The van der Waals surface area contributed by atoms with E-state index in [1.54, 1.807) is 6.92 Å². The van der Waals surface area contributed by atoms with Gasteiger partial charge in [0.15, 0.2) is 0 Å². The summed E-state index contributed by atoms with van der Waals surface area (Å²) in [5.41, 5.74) is 0.205. The molecule has 16 heavy (non-hydrogen) atoms. The molecule has 2 heterocycles. The summed E-state index contributed by atoms with van der Waals surface area (Å²) in [7, 11) is 0. The Balaban J connectivity index is 1.98. The van der Waals surface area contributed by atoms with E-state index in [1.807, 2.05) is 16.7 Å². The minimum Gasteiger partial charge on any atom is -0.342 e. The fourth-order valence-electron chi connectivity index (χ4n) is 2.91. The van der Waals surface area contributed by atoms with Crippen LogP contribution in [-0.4, -0.2) is 47.8 Å². The average Bonchev–Trinajstić information content (AvgIpc) is 2.86. The highest BCUT2D eigenvalue weighted by atomic mass is 16.2. The predicted octanol–water partition coefficient (Wildman–Crippen LogP) is 0.867. The molecule has 2 aliphatic rings. The SMILES string of the molecule is CCC(=O)N1CCC2(CCN(C(C)=O)C2)C1. The van der Waals surface area contributed by atoms with E-state index < -0.39 is 0 Å². The summed E-state index contributed by atoms with van der Waals surface area (Å²) in [5, 5.41) is 0. The maximum absolute atomic E-state index is 11.6. The van der Waals surface area contributed by atoms with Crippen molar-refractivity contribution < 1.29 is 9.59 Å². The Bertz CT molecular complexity index is 316. The van der Waals surface area contributed by atoms with Gasteiger partial charge in [-0.05, 0) is 12.8 Å². The van der Waals surface area contributed by atoms with E-state index in [4.69, 9.17) is 0 Å². The van der Waals surface area contributed by atoms with Gasteiger partial charge >= 0.3 is 0 Å². The lowest BCUT2D eigenvalue weighted by Crippen LogP contribution is -2.34. The summed E-state index contributed by atoms with van der Waals surface area (Å²) in [4.78, 5) is 26.8. The molecule has 2 fully saturated rings. The number of hydrogen-bond acceptors (Lipinski definition) is 2. The van der Waals surface area contributed by atoms with Gasteiger partial charge in [-0.3, -0.25) is 9.59 Å². The Morgan fingerprint density at radius 3 is 2.19 bits per heavy atom. The van der Waals surface area contributed by atoms with Crippen LogP contribution in [0.3, 0.4) is 0 Å². The third-order valence-electron chi connectivity index (χ3n) is 3.98. The molecule has 0 saturated carbocycles. The fraction of sp³-hybridized carbons (Fsp3) is 0.833. The first-order chi connectivity index (χ1) is 7.56. The molecule has 2 amide bonds. The van der Waals surface area contributed by atoms with Crippen molar-refractivity contribution in [1.82, 2.24) is 9.80 Å². The summed E-state index contributed by atoms with van der Waals surface area (Å²) in [5.74, 6) is 0.412. The van der Waals surface area contributed by atoms with E-state index in [2.05, 4.69) is 0 Å². The summed E-state index contributed by atoms with van der Waals surface area (Å²) < 4.78 is 0. The van der Waals surface area contributed by atoms with Crippen molar-refractivity contribution in [2.45, 2.75) is 33.1 Å². The molecule has 1 atom stereocenters. The van der Waals surface area contributed by atoms with Gasteiger partial charge in [0.1, 0.15) is 0 Å². The van der Waals surface area contributed by atoms with Crippen molar-refractivity contribution in [1.29, 1.82) is 0 Å². The molecule has 0 aromatic heterocycles. The molecule has 0 aromatic carbocycles. The van der Waals surface area contributed by atoms with Crippen LogP contribution >= 0.6 is 0 Å². The van der Waals surface area contributed by atoms with Crippen LogP contribution in [0, 0.1) is 5.41 Å². The molecular weight excluding hydrogens is 204 g/mol. The highest BCUT2D eigenvalue weighted by Crippen LogP contribution is 2.39. The number of hydrogen-bond donors (Lipinski definition) is 0. The highest BCUT2D eigenvalue weighted by Gasteiger charge is 2.44. The number of likely N-dealkylation sites (tertiary alicyclic amines) is 2. The van der Waals surface area contributed by atoms with Gasteiger partial charge in [0.05, 0.1) is 0 Å². The van der Waals surface area contributed by atoms with Crippen molar-refractivity contribution in [2.75, 3.05) is 26.2 Å². The van der Waals surface area contributed by atoms with Crippen LogP contribution in [0.2, 0.25) is 0 Å². The molecule has 0 radical (unpaired) electrons. The molecule has 2 saturated heterocycles. The molecule has 1 unspecified atom stereocenters. The van der Waals surface area contributed by atoms with Gasteiger partial charge in [-0.1, -0.05) is 6.92 Å². The topological polar surface area (TPSA) is 40.6 Å². The summed E-state index contributed by atoms with van der Waals surface area (Å²) in [6.45, 7) is 6.97. The van der Waals surface area contributed by atoms with Crippen molar-refractivity contribution in [2.24, 2.45) is 5.41 Å². The lowest BCUT2D eigenvalue weighted by Gasteiger charge is -2.24. The van der Waals surface area contributed by atoms with Gasteiger partial charge in [-0.25, -0.2) is 0 Å². The third kappa shape index (κ3) is 1.93. The second-order valence-electron chi connectivity index (χ2n) is 5.11. The van der Waals surface area contributed by atoms with Crippen LogP contribution < -0.4 is 0 Å². The van der Waals surface area contributed by atoms with E-state index >= 15 is 0 Å². The van der Waals surface area contributed by atoms with Gasteiger partial charge in [-0.15, -0.1) is 0 Å². The number of carbonyl (C=O) groups is 2. The number of carbonyl (C=O) groups excluding carboxylic acids is 2. The van der Waals surface area contributed by atoms with Crippen LogP contribution in [0.15, 0.2) is 0 Å². The van der Waals surface area contributed by atoms with Crippen LogP contribution in [0.5, 0.6) is 0 Å². The minimum absolute atomic E-state index is 0.164. The molecule has 0 bridgehead atoms. The Kier molecular flexibility index (Phi) is 2.91. The summed E-state index contributed by atoms with van der Waals surface area (Å²) >= 11 is 0. The molecule has 2 aliphatic heterocycles. The zero-order chi connectivity index (χ0) is 11.8. The van der Waals surface area contributed by atoms with Crippen molar-refractivity contribution in [3.63, 3.8) is 0 Å². The zero-order valence-corrected chi connectivity index (χ0v) is 10.2. The van der Waals surface area contributed by atoms with E-state index in [-0.39, 0.29) is 17.2 Å². The van der Waals surface area contributed by atoms with Crippen LogP contribution in [0.4, 0.5) is 0 Å². The van der Waals surface area contributed by atoms with Crippen LogP contribution in [0.25, 0.3) is 0 Å². The standard InChI is InChI=1S/C12H20N2O2/c1-3-11(16)14-7-5-12(9-14)4-6-13(8-12)10(2)15/h3-9H2,1-2H3. The molecule has 4 nitrogen and oxygen atoms in total. The average molecular weight is 224 g/mol. The summed E-state index contributed by atoms with van der Waals surface area (Å²) in [6.07, 6.45) is 2.70. The van der Waals surface area contributed by atoms with Crippen molar-refractivity contribution in [3.8, 4) is 0 Å². The Morgan fingerprint density at radius 1 is 1.12 bits per heavy atom. The second-order valence-corrected chi connectivity index (χ2v) is 5.11. The second kappa shape index (κ2) is 4.07. The normalized spacial score (nSPS) is 29.1. The monoisotopic (exact) mass is 224 g/mol. The van der Waals surface area contributed by atoms with Crippen LogP contribution in [-0.2, 0) is 9.59 Å². The third-order valence-corrected chi connectivity index (χ3v) is 3.98. The minimum atomic E-state index is 0.164. The largest absolute Gasteiger partial charge is 0.342 e. The maximum Gasteiger partial charge on any atom is 0.222 e. The zero-order valence-electron chi connectivity index (χ0n) is 10.2. The molecule has 4 heteroatoms. The summed E-state index contributed by atoms with van der Waals surface area (Å²) in [6, 6.07) is 0. The van der Waals surface area contributed by atoms with Crippen LogP contribution in [0.1, 0.15) is 33.1 Å². The van der Waals surface area contributed by atoms with E-state index in [1.165, 1.54) is 0 Å². The number of nitrogens with zero attached hydrogens (tertiary/aromatic N) is 2. The van der Waals surface area contributed by atoms with Gasteiger partial charge in [-0.2, -0.15) is 0 Å².